The van der Waals surface area contributed by atoms with Crippen molar-refractivity contribution in [2.75, 3.05) is 18.1 Å². The molecule has 0 radical (unpaired) electrons. The number of hydrogen-bond acceptors (Lipinski definition) is 4. The molecule has 0 aliphatic rings. The summed E-state index contributed by atoms with van der Waals surface area (Å²) >= 11 is 1.78. The zero-order valence-corrected chi connectivity index (χ0v) is 11.4. The number of thioether (sulfide) groups is 1. The highest BCUT2D eigenvalue weighted by molar-refractivity contribution is 7.99. The van der Waals surface area contributed by atoms with Crippen LogP contribution in [-0.4, -0.2) is 29.1 Å². The molecule has 0 unspecified atom stereocenters. The predicted molar refractivity (Wildman–Crippen MR) is 78.1 cm³/mol. The Bertz CT molecular complexity index is 452. The van der Waals surface area contributed by atoms with Gasteiger partial charge in [-0.05, 0) is 23.8 Å². The van der Waals surface area contributed by atoms with Crippen LogP contribution in [0.4, 0.5) is 4.39 Å². The van der Waals surface area contributed by atoms with E-state index in [1.165, 1.54) is 12.1 Å². The first-order chi connectivity index (χ1) is 9.17. The van der Waals surface area contributed by atoms with Crippen LogP contribution in [0.2, 0.25) is 0 Å². The monoisotopic (exact) mass is 283 g/mol. The molecule has 6 heteroatoms. The SMILES string of the molecule is C=CCSCCNCc1cc(F)cc(/C(N)=N\O)c1. The molecule has 0 heterocycles. The summed E-state index contributed by atoms with van der Waals surface area (Å²) in [4.78, 5) is 0. The maximum Gasteiger partial charge on any atom is 0.170 e. The van der Waals surface area contributed by atoms with Crippen molar-refractivity contribution in [1.29, 1.82) is 0 Å². The van der Waals surface area contributed by atoms with Gasteiger partial charge >= 0.3 is 0 Å². The summed E-state index contributed by atoms with van der Waals surface area (Å²) < 4.78 is 13.4. The Labute approximate surface area is 116 Å². The first kappa shape index (κ1) is 15.5. The molecular weight excluding hydrogens is 265 g/mol. The van der Waals surface area contributed by atoms with E-state index in [0.717, 1.165) is 23.6 Å². The van der Waals surface area contributed by atoms with E-state index < -0.39 is 5.82 Å². The third-order valence-corrected chi connectivity index (χ3v) is 3.31. The Balaban J connectivity index is 2.49. The Morgan fingerprint density at radius 1 is 1.53 bits per heavy atom. The molecule has 1 rings (SSSR count). The molecule has 104 valence electrons. The first-order valence-electron chi connectivity index (χ1n) is 5.84. The van der Waals surface area contributed by atoms with Crippen molar-refractivity contribution >= 4 is 17.6 Å². The van der Waals surface area contributed by atoms with Crippen molar-refractivity contribution in [3.8, 4) is 0 Å². The van der Waals surface area contributed by atoms with Crippen LogP contribution < -0.4 is 11.1 Å². The van der Waals surface area contributed by atoms with Crippen LogP contribution >= 0.6 is 11.8 Å². The minimum absolute atomic E-state index is 0.0951. The maximum atomic E-state index is 13.4. The second-order valence-electron chi connectivity index (χ2n) is 3.87. The van der Waals surface area contributed by atoms with Gasteiger partial charge in [0.15, 0.2) is 5.84 Å². The van der Waals surface area contributed by atoms with Crippen molar-refractivity contribution in [1.82, 2.24) is 5.32 Å². The number of nitrogens with one attached hydrogen (secondary N) is 1. The molecule has 0 amide bonds. The van der Waals surface area contributed by atoms with Gasteiger partial charge in [0, 0.05) is 30.2 Å². The molecule has 0 aromatic heterocycles. The van der Waals surface area contributed by atoms with Crippen LogP contribution in [0.3, 0.4) is 0 Å². The highest BCUT2D eigenvalue weighted by Crippen LogP contribution is 2.09. The summed E-state index contributed by atoms with van der Waals surface area (Å²) in [6, 6.07) is 4.36. The van der Waals surface area contributed by atoms with Crippen molar-refractivity contribution in [2.24, 2.45) is 10.9 Å². The van der Waals surface area contributed by atoms with Crippen molar-refractivity contribution in [2.45, 2.75) is 6.54 Å². The summed E-state index contributed by atoms with van der Waals surface area (Å²) in [5.74, 6) is 1.40. The van der Waals surface area contributed by atoms with Gasteiger partial charge in [0.2, 0.25) is 0 Å². The summed E-state index contributed by atoms with van der Waals surface area (Å²) in [6.07, 6.45) is 1.86. The van der Waals surface area contributed by atoms with Crippen LogP contribution in [0.25, 0.3) is 0 Å². The Morgan fingerprint density at radius 3 is 3.00 bits per heavy atom. The lowest BCUT2D eigenvalue weighted by Gasteiger charge is -2.07. The quantitative estimate of drug-likeness (QED) is 0.170. The molecule has 0 aliphatic heterocycles. The summed E-state index contributed by atoms with van der Waals surface area (Å²) in [5, 5.41) is 14.7. The van der Waals surface area contributed by atoms with E-state index in [0.29, 0.717) is 12.1 Å². The normalized spacial score (nSPS) is 11.5. The van der Waals surface area contributed by atoms with E-state index in [1.807, 2.05) is 6.08 Å². The minimum atomic E-state index is -0.401. The third-order valence-electron chi connectivity index (χ3n) is 2.35. The number of nitrogens with zero attached hydrogens (tertiary/aromatic N) is 1. The fourth-order valence-corrected chi connectivity index (χ4v) is 2.12. The molecule has 0 saturated carbocycles. The smallest absolute Gasteiger partial charge is 0.170 e. The van der Waals surface area contributed by atoms with Gasteiger partial charge in [0.25, 0.3) is 0 Å². The molecule has 0 saturated heterocycles. The van der Waals surface area contributed by atoms with Crippen molar-refractivity contribution in [3.05, 3.63) is 47.8 Å². The van der Waals surface area contributed by atoms with Crippen LogP contribution in [-0.2, 0) is 6.54 Å². The third kappa shape index (κ3) is 5.76. The lowest BCUT2D eigenvalue weighted by Crippen LogP contribution is -2.18. The van der Waals surface area contributed by atoms with Gasteiger partial charge in [-0.15, -0.1) is 6.58 Å². The molecule has 19 heavy (non-hydrogen) atoms. The van der Waals surface area contributed by atoms with Gasteiger partial charge in [0.1, 0.15) is 5.82 Å². The van der Waals surface area contributed by atoms with Gasteiger partial charge in [0.05, 0.1) is 0 Å². The van der Waals surface area contributed by atoms with E-state index in [-0.39, 0.29) is 5.84 Å². The van der Waals surface area contributed by atoms with E-state index in [9.17, 15) is 4.39 Å². The number of rotatable bonds is 8. The average molecular weight is 283 g/mol. The lowest BCUT2D eigenvalue weighted by atomic mass is 10.1. The van der Waals surface area contributed by atoms with Crippen LogP contribution in [0.1, 0.15) is 11.1 Å². The summed E-state index contributed by atoms with van der Waals surface area (Å²) in [6.45, 7) is 5.01. The van der Waals surface area contributed by atoms with Gasteiger partial charge in [-0.2, -0.15) is 11.8 Å². The van der Waals surface area contributed by atoms with Gasteiger partial charge in [-0.25, -0.2) is 4.39 Å². The Hall–Kier alpha value is -1.53. The van der Waals surface area contributed by atoms with Crippen molar-refractivity contribution < 1.29 is 9.60 Å². The second kappa shape index (κ2) is 8.55. The molecule has 0 aliphatic carbocycles. The fraction of sp³-hybridized carbons (Fsp3) is 0.308. The number of benzene rings is 1. The number of halogens is 1. The minimum Gasteiger partial charge on any atom is -0.409 e. The van der Waals surface area contributed by atoms with Gasteiger partial charge in [-0.3, -0.25) is 0 Å². The molecule has 1 aromatic rings. The van der Waals surface area contributed by atoms with Crippen LogP contribution in [0, 0.1) is 5.82 Å². The highest BCUT2D eigenvalue weighted by Gasteiger charge is 2.04. The van der Waals surface area contributed by atoms with E-state index in [2.05, 4.69) is 17.1 Å². The number of oxime groups is 1. The Kier molecular flexibility index (Phi) is 6.99. The molecule has 0 fully saturated rings. The average Bonchev–Trinajstić information content (AvgIpc) is 2.41. The lowest BCUT2D eigenvalue weighted by molar-refractivity contribution is 0.318. The zero-order chi connectivity index (χ0) is 14.1. The Morgan fingerprint density at radius 2 is 2.32 bits per heavy atom. The van der Waals surface area contributed by atoms with Crippen LogP contribution in [0.5, 0.6) is 0 Å². The van der Waals surface area contributed by atoms with E-state index >= 15 is 0 Å². The molecule has 4 N–H and O–H groups in total. The van der Waals surface area contributed by atoms with Crippen LogP contribution in [0.15, 0.2) is 36.0 Å². The highest BCUT2D eigenvalue weighted by atomic mass is 32.2. The molecule has 4 nitrogen and oxygen atoms in total. The number of amidine groups is 1. The largest absolute Gasteiger partial charge is 0.409 e. The van der Waals surface area contributed by atoms with Gasteiger partial charge < -0.3 is 16.3 Å². The molecule has 1 aromatic carbocycles. The molecule has 0 atom stereocenters. The maximum absolute atomic E-state index is 13.4. The van der Waals surface area contributed by atoms with Crippen molar-refractivity contribution in [3.63, 3.8) is 0 Å². The predicted octanol–water partition coefficient (Wildman–Crippen LogP) is 1.93. The van der Waals surface area contributed by atoms with Gasteiger partial charge in [-0.1, -0.05) is 11.2 Å². The first-order valence-corrected chi connectivity index (χ1v) is 6.99. The second-order valence-corrected chi connectivity index (χ2v) is 5.02. The summed E-state index contributed by atoms with van der Waals surface area (Å²) in [7, 11) is 0. The molecule has 0 bridgehead atoms. The number of nitrogens with two attached hydrogens (primary N) is 1. The molecular formula is C13H18FN3OS. The number of hydrogen-bond donors (Lipinski definition) is 3. The van der Waals surface area contributed by atoms with E-state index in [4.69, 9.17) is 10.9 Å². The standard InChI is InChI=1S/C13H18FN3OS/c1-2-4-19-5-3-16-9-10-6-11(13(15)17-18)8-12(14)7-10/h2,6-8,16,18H,1,3-5,9H2,(H2,15,17). The summed E-state index contributed by atoms with van der Waals surface area (Å²) in [5.41, 5.74) is 6.58. The van der Waals surface area contributed by atoms with E-state index in [1.54, 1.807) is 17.8 Å². The fourth-order valence-electron chi connectivity index (χ4n) is 1.50. The topological polar surface area (TPSA) is 70.6 Å². The molecule has 0 spiro atoms. The zero-order valence-electron chi connectivity index (χ0n) is 10.6.